The molecular formula is C12H14ClNO4. The number of carbonyl (C=O) groups is 2. The molecule has 0 aliphatic carbocycles. The molecule has 98 valence electrons. The van der Waals surface area contributed by atoms with Crippen LogP contribution in [-0.4, -0.2) is 30.1 Å². The van der Waals surface area contributed by atoms with E-state index < -0.39 is 11.9 Å². The third-order valence-corrected chi connectivity index (χ3v) is 2.26. The number of aromatic nitrogens is 1. The number of ether oxygens (including phenoxy) is 2. The third-order valence-electron chi connectivity index (χ3n) is 2.05. The van der Waals surface area contributed by atoms with Gasteiger partial charge in [0.2, 0.25) is 0 Å². The van der Waals surface area contributed by atoms with Gasteiger partial charge in [0.15, 0.2) is 0 Å². The van der Waals surface area contributed by atoms with Crippen LogP contribution in [0.4, 0.5) is 0 Å². The minimum absolute atomic E-state index is 0.109. The zero-order valence-corrected chi connectivity index (χ0v) is 11.0. The molecule has 0 aliphatic rings. The Morgan fingerprint density at radius 1 is 1.22 bits per heavy atom. The predicted molar refractivity (Wildman–Crippen MR) is 65.5 cm³/mol. The molecule has 0 radical (unpaired) electrons. The summed E-state index contributed by atoms with van der Waals surface area (Å²) in [6, 6.07) is 2.96. The van der Waals surface area contributed by atoms with Gasteiger partial charge in [0, 0.05) is 0 Å². The van der Waals surface area contributed by atoms with Gasteiger partial charge in [-0.05, 0) is 26.0 Å². The molecule has 0 unspecified atom stereocenters. The second-order valence-corrected chi connectivity index (χ2v) is 3.72. The quantitative estimate of drug-likeness (QED) is 0.605. The van der Waals surface area contributed by atoms with Gasteiger partial charge in [-0.15, -0.1) is 0 Å². The number of nitrogens with zero attached hydrogens (tertiary/aromatic N) is 1. The molecule has 0 N–H and O–H groups in total. The van der Waals surface area contributed by atoms with Crippen molar-refractivity contribution in [3.05, 3.63) is 28.5 Å². The fourth-order valence-corrected chi connectivity index (χ4v) is 1.52. The lowest BCUT2D eigenvalue weighted by Gasteiger charge is -2.08. The highest BCUT2D eigenvalue weighted by atomic mass is 35.5. The van der Waals surface area contributed by atoms with E-state index in [1.54, 1.807) is 13.8 Å². The maximum atomic E-state index is 11.7. The fraction of sp³-hybridized carbons (Fsp3) is 0.417. The molecule has 1 rings (SSSR count). The highest BCUT2D eigenvalue weighted by Gasteiger charge is 2.17. The maximum Gasteiger partial charge on any atom is 0.339 e. The number of esters is 2. The fourth-order valence-electron chi connectivity index (χ4n) is 1.35. The number of carbonyl (C=O) groups excluding carboxylic acids is 2. The van der Waals surface area contributed by atoms with Crippen LogP contribution in [-0.2, 0) is 20.7 Å². The second-order valence-electron chi connectivity index (χ2n) is 3.33. The van der Waals surface area contributed by atoms with E-state index in [1.807, 2.05) is 0 Å². The molecule has 1 aromatic heterocycles. The van der Waals surface area contributed by atoms with Crippen molar-refractivity contribution in [2.45, 2.75) is 20.3 Å². The Kier molecular flexibility index (Phi) is 5.58. The molecule has 1 aromatic rings. The number of hydrogen-bond donors (Lipinski definition) is 0. The van der Waals surface area contributed by atoms with Gasteiger partial charge in [-0.2, -0.15) is 0 Å². The van der Waals surface area contributed by atoms with Gasteiger partial charge < -0.3 is 9.47 Å². The first-order chi connectivity index (χ1) is 8.58. The van der Waals surface area contributed by atoms with Gasteiger partial charge >= 0.3 is 11.9 Å². The summed E-state index contributed by atoms with van der Waals surface area (Å²) in [4.78, 5) is 27.0. The van der Waals surface area contributed by atoms with Gasteiger partial charge in [-0.1, -0.05) is 11.6 Å². The zero-order valence-electron chi connectivity index (χ0n) is 10.2. The number of halogens is 1. The second kappa shape index (κ2) is 6.96. The van der Waals surface area contributed by atoms with Crippen molar-refractivity contribution < 1.29 is 19.1 Å². The Morgan fingerprint density at radius 3 is 2.50 bits per heavy atom. The van der Waals surface area contributed by atoms with Crippen LogP contribution in [0.1, 0.15) is 29.9 Å². The summed E-state index contributed by atoms with van der Waals surface area (Å²) < 4.78 is 9.68. The lowest BCUT2D eigenvalue weighted by molar-refractivity contribution is -0.142. The van der Waals surface area contributed by atoms with Crippen molar-refractivity contribution in [1.29, 1.82) is 0 Å². The number of hydrogen-bond acceptors (Lipinski definition) is 5. The summed E-state index contributed by atoms with van der Waals surface area (Å²) >= 11 is 5.74. The molecule has 0 atom stereocenters. The van der Waals surface area contributed by atoms with Crippen molar-refractivity contribution in [2.24, 2.45) is 0 Å². The molecule has 0 aliphatic heterocycles. The van der Waals surface area contributed by atoms with E-state index in [2.05, 4.69) is 4.98 Å². The van der Waals surface area contributed by atoms with E-state index in [0.29, 0.717) is 0 Å². The molecular weight excluding hydrogens is 258 g/mol. The topological polar surface area (TPSA) is 65.5 Å². The Balaban J connectivity index is 2.96. The first kappa shape index (κ1) is 14.4. The van der Waals surface area contributed by atoms with E-state index in [0.717, 1.165) is 0 Å². The minimum Gasteiger partial charge on any atom is -0.466 e. The van der Waals surface area contributed by atoms with E-state index in [-0.39, 0.29) is 36.0 Å². The highest BCUT2D eigenvalue weighted by Crippen LogP contribution is 2.14. The molecule has 0 bridgehead atoms. The molecule has 0 amide bonds. The van der Waals surface area contributed by atoms with E-state index in [1.165, 1.54) is 12.1 Å². The summed E-state index contributed by atoms with van der Waals surface area (Å²) in [6.07, 6.45) is -0.109. The number of rotatable bonds is 5. The van der Waals surface area contributed by atoms with Crippen molar-refractivity contribution in [2.75, 3.05) is 13.2 Å². The van der Waals surface area contributed by atoms with Crippen LogP contribution >= 0.6 is 11.6 Å². The zero-order chi connectivity index (χ0) is 13.5. The molecule has 0 spiro atoms. The lowest BCUT2D eigenvalue weighted by atomic mass is 10.1. The Bertz CT molecular complexity index is 448. The standard InChI is InChI=1S/C12H14ClNO4/c1-3-17-11(15)7-9-8(12(16)18-4-2)5-6-10(13)14-9/h5-6H,3-4,7H2,1-2H3. The van der Waals surface area contributed by atoms with Crippen LogP contribution in [0.5, 0.6) is 0 Å². The van der Waals surface area contributed by atoms with Crippen LogP contribution in [0.3, 0.4) is 0 Å². The molecule has 0 saturated carbocycles. The Labute approximate surface area is 110 Å². The van der Waals surface area contributed by atoms with Crippen molar-refractivity contribution >= 4 is 23.5 Å². The summed E-state index contributed by atoms with van der Waals surface area (Å²) in [6.45, 7) is 3.93. The Morgan fingerprint density at radius 2 is 1.89 bits per heavy atom. The monoisotopic (exact) mass is 271 g/mol. The van der Waals surface area contributed by atoms with Crippen molar-refractivity contribution in [3.63, 3.8) is 0 Å². The maximum absolute atomic E-state index is 11.7. The van der Waals surface area contributed by atoms with E-state index in [4.69, 9.17) is 21.1 Å². The van der Waals surface area contributed by atoms with Crippen LogP contribution < -0.4 is 0 Å². The van der Waals surface area contributed by atoms with Gasteiger partial charge in [0.1, 0.15) is 5.15 Å². The first-order valence-electron chi connectivity index (χ1n) is 5.56. The number of pyridine rings is 1. The SMILES string of the molecule is CCOC(=O)Cc1nc(Cl)ccc1C(=O)OCC. The average molecular weight is 272 g/mol. The van der Waals surface area contributed by atoms with Gasteiger partial charge in [0.25, 0.3) is 0 Å². The molecule has 0 saturated heterocycles. The molecule has 6 heteroatoms. The first-order valence-corrected chi connectivity index (χ1v) is 5.94. The minimum atomic E-state index is -0.527. The molecule has 5 nitrogen and oxygen atoms in total. The molecule has 18 heavy (non-hydrogen) atoms. The summed E-state index contributed by atoms with van der Waals surface area (Å²) in [5, 5.41) is 0.211. The highest BCUT2D eigenvalue weighted by molar-refractivity contribution is 6.29. The van der Waals surface area contributed by atoms with Crippen LogP contribution in [0.2, 0.25) is 5.15 Å². The van der Waals surface area contributed by atoms with Crippen LogP contribution in [0.25, 0.3) is 0 Å². The average Bonchev–Trinajstić information content (AvgIpc) is 2.29. The largest absolute Gasteiger partial charge is 0.466 e. The predicted octanol–water partition coefficient (Wildman–Crippen LogP) is 2.02. The third kappa shape index (κ3) is 4.00. The van der Waals surface area contributed by atoms with E-state index in [9.17, 15) is 9.59 Å². The summed E-state index contributed by atoms with van der Waals surface area (Å²) in [7, 11) is 0. The van der Waals surface area contributed by atoms with Crippen molar-refractivity contribution in [1.82, 2.24) is 4.98 Å². The van der Waals surface area contributed by atoms with Gasteiger partial charge in [0.05, 0.1) is 30.9 Å². The smallest absolute Gasteiger partial charge is 0.339 e. The normalized spacial score (nSPS) is 9.94. The lowest BCUT2D eigenvalue weighted by Crippen LogP contribution is -2.15. The Hall–Kier alpha value is -1.62. The van der Waals surface area contributed by atoms with Crippen LogP contribution in [0, 0.1) is 0 Å². The molecule has 0 fully saturated rings. The molecule has 0 aromatic carbocycles. The van der Waals surface area contributed by atoms with Gasteiger partial charge in [-0.25, -0.2) is 9.78 Å². The molecule has 1 heterocycles. The van der Waals surface area contributed by atoms with Crippen LogP contribution in [0.15, 0.2) is 12.1 Å². The van der Waals surface area contributed by atoms with Crippen molar-refractivity contribution in [3.8, 4) is 0 Å². The summed E-state index contributed by atoms with van der Waals surface area (Å²) in [5.41, 5.74) is 0.494. The van der Waals surface area contributed by atoms with Gasteiger partial charge in [-0.3, -0.25) is 4.79 Å². The van der Waals surface area contributed by atoms with E-state index >= 15 is 0 Å². The summed E-state index contributed by atoms with van der Waals surface area (Å²) in [5.74, 6) is -0.987.